The first kappa shape index (κ1) is 16.9. The average molecular weight is 346 g/mol. The molecule has 0 radical (unpaired) electrons. The number of aryl methyl sites for hydroxylation is 2. The van der Waals surface area contributed by atoms with Gasteiger partial charge in [-0.2, -0.15) is 4.31 Å². The Morgan fingerprint density at radius 3 is 2.71 bits per heavy atom. The fourth-order valence-corrected chi connectivity index (χ4v) is 5.30. The predicted molar refractivity (Wildman–Crippen MR) is 92.6 cm³/mol. The van der Waals surface area contributed by atoms with Gasteiger partial charge in [-0.3, -0.25) is 4.98 Å². The third-order valence-corrected chi connectivity index (χ3v) is 6.60. The highest BCUT2D eigenvalue weighted by molar-refractivity contribution is 7.89. The highest BCUT2D eigenvalue weighted by atomic mass is 32.2. The van der Waals surface area contributed by atoms with Gasteiger partial charge in [-0.25, -0.2) is 8.42 Å². The summed E-state index contributed by atoms with van der Waals surface area (Å²) in [6.07, 6.45) is 5.13. The third kappa shape index (κ3) is 2.91. The van der Waals surface area contributed by atoms with E-state index in [0.717, 1.165) is 24.0 Å². The van der Waals surface area contributed by atoms with Gasteiger partial charge in [0, 0.05) is 18.9 Å². The Bertz CT molecular complexity index is 835. The zero-order valence-corrected chi connectivity index (χ0v) is 15.0. The fraction of sp³-hybridized carbons (Fsp3) is 0.389. The first-order chi connectivity index (χ1) is 11.4. The van der Waals surface area contributed by atoms with Crippen molar-refractivity contribution in [2.45, 2.75) is 37.6 Å². The quantitative estimate of drug-likeness (QED) is 0.853. The van der Waals surface area contributed by atoms with Crippen molar-refractivity contribution in [3.63, 3.8) is 0 Å². The van der Waals surface area contributed by atoms with Crippen molar-refractivity contribution in [3.8, 4) is 5.75 Å². The van der Waals surface area contributed by atoms with Crippen LogP contribution in [-0.2, 0) is 10.0 Å². The van der Waals surface area contributed by atoms with Gasteiger partial charge in [0.1, 0.15) is 5.75 Å². The molecule has 6 heteroatoms. The lowest BCUT2D eigenvalue weighted by molar-refractivity contribution is 0.395. The molecule has 2 aromatic rings. The minimum atomic E-state index is -3.56. The Morgan fingerprint density at radius 2 is 2.04 bits per heavy atom. The molecular weight excluding hydrogens is 324 g/mol. The van der Waals surface area contributed by atoms with Crippen molar-refractivity contribution in [1.29, 1.82) is 0 Å². The van der Waals surface area contributed by atoms with Crippen LogP contribution < -0.4 is 4.74 Å². The largest absolute Gasteiger partial charge is 0.496 e. The summed E-state index contributed by atoms with van der Waals surface area (Å²) < 4.78 is 33.4. The number of hydrogen-bond acceptors (Lipinski definition) is 4. The summed E-state index contributed by atoms with van der Waals surface area (Å²) in [4.78, 5) is 4.49. The van der Waals surface area contributed by atoms with Crippen LogP contribution >= 0.6 is 0 Å². The van der Waals surface area contributed by atoms with Gasteiger partial charge in [-0.1, -0.05) is 6.07 Å². The van der Waals surface area contributed by atoms with Crippen molar-refractivity contribution < 1.29 is 13.2 Å². The molecule has 0 amide bonds. The number of aromatic nitrogens is 1. The molecule has 1 aromatic heterocycles. The third-order valence-electron chi connectivity index (χ3n) is 4.55. The van der Waals surface area contributed by atoms with E-state index < -0.39 is 10.0 Å². The van der Waals surface area contributed by atoms with Gasteiger partial charge in [0.15, 0.2) is 0 Å². The Kier molecular flexibility index (Phi) is 4.60. The first-order valence-electron chi connectivity index (χ1n) is 8.02. The summed E-state index contributed by atoms with van der Waals surface area (Å²) in [5, 5.41) is 0. The van der Waals surface area contributed by atoms with Crippen LogP contribution in [-0.4, -0.2) is 31.4 Å². The summed E-state index contributed by atoms with van der Waals surface area (Å²) >= 11 is 0. The van der Waals surface area contributed by atoms with Gasteiger partial charge >= 0.3 is 0 Å². The van der Waals surface area contributed by atoms with Crippen LogP contribution in [0.1, 0.15) is 35.6 Å². The predicted octanol–water partition coefficient (Wildman–Crippen LogP) is 3.23. The highest BCUT2D eigenvalue weighted by Gasteiger charge is 2.37. The van der Waals surface area contributed by atoms with Gasteiger partial charge < -0.3 is 4.74 Å². The number of nitrogens with zero attached hydrogens (tertiary/aromatic N) is 2. The molecule has 1 atom stereocenters. The van der Waals surface area contributed by atoms with E-state index in [9.17, 15) is 8.42 Å². The average Bonchev–Trinajstić information content (AvgIpc) is 3.08. The van der Waals surface area contributed by atoms with Crippen LogP contribution in [0.4, 0.5) is 0 Å². The Morgan fingerprint density at radius 1 is 1.25 bits per heavy atom. The van der Waals surface area contributed by atoms with E-state index >= 15 is 0 Å². The number of pyridine rings is 1. The molecule has 0 N–H and O–H groups in total. The van der Waals surface area contributed by atoms with Gasteiger partial charge in [-0.15, -0.1) is 0 Å². The number of rotatable bonds is 4. The molecule has 1 aliphatic rings. The number of hydrogen-bond donors (Lipinski definition) is 0. The lowest BCUT2D eigenvalue weighted by atomic mass is 10.1. The summed E-state index contributed by atoms with van der Waals surface area (Å²) in [7, 11) is -1.97. The van der Waals surface area contributed by atoms with Gasteiger partial charge in [-0.05, 0) is 61.6 Å². The lowest BCUT2D eigenvalue weighted by Crippen LogP contribution is -2.31. The smallest absolute Gasteiger partial charge is 0.243 e. The standard InChI is InChI=1S/C18H22N2O3S/c1-13-11-18(14(2)10-17(13)23-3)24(21,22)20-9-5-7-16(20)15-6-4-8-19-12-15/h4,6,8,10-12,16H,5,7,9H2,1-3H3. The van der Waals surface area contributed by atoms with Crippen molar-refractivity contribution in [1.82, 2.24) is 9.29 Å². The van der Waals surface area contributed by atoms with Crippen molar-refractivity contribution in [2.24, 2.45) is 0 Å². The van der Waals surface area contributed by atoms with E-state index in [-0.39, 0.29) is 6.04 Å². The zero-order chi connectivity index (χ0) is 17.3. The maximum atomic E-state index is 13.3. The molecule has 1 aromatic carbocycles. The van der Waals surface area contributed by atoms with Crippen LogP contribution in [0.5, 0.6) is 5.75 Å². The second-order valence-electron chi connectivity index (χ2n) is 6.15. The lowest BCUT2D eigenvalue weighted by Gasteiger charge is -2.25. The van der Waals surface area contributed by atoms with E-state index in [2.05, 4.69) is 4.98 Å². The summed E-state index contributed by atoms with van der Waals surface area (Å²) in [5.41, 5.74) is 2.47. The molecule has 0 spiro atoms. The van der Waals surface area contributed by atoms with Gasteiger partial charge in [0.25, 0.3) is 0 Å². The van der Waals surface area contributed by atoms with E-state index in [1.54, 1.807) is 35.9 Å². The van der Waals surface area contributed by atoms with E-state index in [1.165, 1.54) is 0 Å². The summed E-state index contributed by atoms with van der Waals surface area (Å²) in [6, 6.07) is 7.14. The van der Waals surface area contributed by atoms with Gasteiger partial charge in [0.05, 0.1) is 18.0 Å². The molecule has 2 heterocycles. The minimum absolute atomic E-state index is 0.148. The minimum Gasteiger partial charge on any atom is -0.496 e. The topological polar surface area (TPSA) is 59.5 Å². The Balaban J connectivity index is 2.03. The van der Waals surface area contributed by atoms with E-state index in [1.807, 2.05) is 26.0 Å². The molecule has 24 heavy (non-hydrogen) atoms. The maximum Gasteiger partial charge on any atom is 0.243 e. The van der Waals surface area contributed by atoms with Crippen LogP contribution in [0.15, 0.2) is 41.6 Å². The SMILES string of the molecule is COc1cc(C)c(S(=O)(=O)N2CCCC2c2cccnc2)cc1C. The molecule has 128 valence electrons. The highest BCUT2D eigenvalue weighted by Crippen LogP contribution is 2.38. The normalized spacial score (nSPS) is 18.7. The second kappa shape index (κ2) is 6.53. The molecular formula is C18H22N2O3S. The van der Waals surface area contributed by atoms with Crippen molar-refractivity contribution >= 4 is 10.0 Å². The maximum absolute atomic E-state index is 13.3. The van der Waals surface area contributed by atoms with E-state index in [4.69, 9.17) is 4.74 Å². The molecule has 3 rings (SSSR count). The number of methoxy groups -OCH3 is 1. The monoisotopic (exact) mass is 346 g/mol. The molecule has 1 fully saturated rings. The summed E-state index contributed by atoms with van der Waals surface area (Å²) in [5.74, 6) is 0.705. The Hall–Kier alpha value is -1.92. The van der Waals surface area contributed by atoms with Crippen molar-refractivity contribution in [2.75, 3.05) is 13.7 Å². The van der Waals surface area contributed by atoms with Crippen LogP contribution in [0, 0.1) is 13.8 Å². The molecule has 5 nitrogen and oxygen atoms in total. The van der Waals surface area contributed by atoms with Crippen LogP contribution in [0.2, 0.25) is 0 Å². The number of benzene rings is 1. The molecule has 0 saturated carbocycles. The van der Waals surface area contributed by atoms with Crippen LogP contribution in [0.25, 0.3) is 0 Å². The molecule has 0 aliphatic carbocycles. The fourth-order valence-electron chi connectivity index (χ4n) is 3.32. The zero-order valence-electron chi connectivity index (χ0n) is 14.2. The number of sulfonamides is 1. The molecule has 1 unspecified atom stereocenters. The van der Waals surface area contributed by atoms with Crippen LogP contribution in [0.3, 0.4) is 0 Å². The van der Waals surface area contributed by atoms with Crippen molar-refractivity contribution in [3.05, 3.63) is 53.3 Å². The Labute approximate surface area is 143 Å². The molecule has 1 aliphatic heterocycles. The first-order valence-corrected chi connectivity index (χ1v) is 9.46. The molecule has 1 saturated heterocycles. The second-order valence-corrected chi connectivity index (χ2v) is 8.01. The molecule has 0 bridgehead atoms. The van der Waals surface area contributed by atoms with Gasteiger partial charge in [0.2, 0.25) is 10.0 Å². The van der Waals surface area contributed by atoms with E-state index in [0.29, 0.717) is 22.8 Å². The number of ether oxygens (including phenoxy) is 1. The summed E-state index contributed by atoms with van der Waals surface area (Å²) in [6.45, 7) is 4.20.